The predicted molar refractivity (Wildman–Crippen MR) is 152 cm³/mol. The van der Waals surface area contributed by atoms with E-state index in [9.17, 15) is 4.79 Å². The first-order valence-electron chi connectivity index (χ1n) is 12.3. The first-order chi connectivity index (χ1) is 18.3. The first kappa shape index (κ1) is 25.0. The highest BCUT2D eigenvalue weighted by molar-refractivity contribution is 7.99. The predicted octanol–water partition coefficient (Wildman–Crippen LogP) is 6.97. The number of nitrogens with one attached hydrogen (secondary N) is 1. The molecule has 2 aromatic heterocycles. The van der Waals surface area contributed by atoms with Crippen molar-refractivity contribution in [2.75, 3.05) is 5.75 Å². The van der Waals surface area contributed by atoms with Crippen molar-refractivity contribution in [3.63, 3.8) is 0 Å². The lowest BCUT2D eigenvalue weighted by Crippen LogP contribution is -2.29. The lowest BCUT2D eigenvalue weighted by molar-refractivity contribution is -0.121. The van der Waals surface area contributed by atoms with Crippen molar-refractivity contribution in [2.45, 2.75) is 30.5 Å². The van der Waals surface area contributed by atoms with Gasteiger partial charge < -0.3 is 5.32 Å². The summed E-state index contributed by atoms with van der Waals surface area (Å²) in [6.45, 7) is 0. The molecule has 1 amide bonds. The van der Waals surface area contributed by atoms with Gasteiger partial charge in [-0.05, 0) is 47.5 Å². The van der Waals surface area contributed by atoms with Crippen molar-refractivity contribution in [3.8, 4) is 16.4 Å². The maximum Gasteiger partial charge on any atom is 0.220 e. The highest BCUT2D eigenvalue weighted by atomic mass is 32.2. The largest absolute Gasteiger partial charge is 0.349 e. The molecule has 3 aromatic carbocycles. The Kier molecular flexibility index (Phi) is 8.46. The number of nitrogens with zero attached hydrogens (tertiary/aromatic N) is 3. The smallest absolute Gasteiger partial charge is 0.220 e. The van der Waals surface area contributed by atoms with Gasteiger partial charge in [0.1, 0.15) is 0 Å². The van der Waals surface area contributed by atoms with Gasteiger partial charge in [-0.25, -0.2) is 0 Å². The van der Waals surface area contributed by atoms with Gasteiger partial charge in [0.2, 0.25) is 5.91 Å². The SMILES string of the molecule is O=C(CCCSc1nnc(-c2cccs2)n1-c1ccccc1)NC(Cc1ccccc1)c1ccccc1. The third kappa shape index (κ3) is 6.56. The summed E-state index contributed by atoms with van der Waals surface area (Å²) in [6.07, 6.45) is 1.97. The van der Waals surface area contributed by atoms with E-state index in [-0.39, 0.29) is 11.9 Å². The molecule has 0 aliphatic carbocycles. The lowest BCUT2D eigenvalue weighted by Gasteiger charge is -2.19. The molecular formula is C30H28N4OS2. The minimum Gasteiger partial charge on any atom is -0.349 e. The molecule has 0 spiro atoms. The average molecular weight is 525 g/mol. The van der Waals surface area contributed by atoms with Crippen LogP contribution in [-0.4, -0.2) is 26.4 Å². The van der Waals surface area contributed by atoms with E-state index >= 15 is 0 Å². The topological polar surface area (TPSA) is 59.8 Å². The number of para-hydroxylation sites is 1. The molecule has 1 atom stereocenters. The van der Waals surface area contributed by atoms with Crippen LogP contribution >= 0.6 is 23.1 Å². The van der Waals surface area contributed by atoms with Crippen LogP contribution in [0.2, 0.25) is 0 Å². The van der Waals surface area contributed by atoms with Crippen LogP contribution in [-0.2, 0) is 11.2 Å². The quantitative estimate of drug-likeness (QED) is 0.150. The van der Waals surface area contributed by atoms with Crippen molar-refractivity contribution in [1.82, 2.24) is 20.1 Å². The summed E-state index contributed by atoms with van der Waals surface area (Å²) in [5.41, 5.74) is 3.35. The highest BCUT2D eigenvalue weighted by Gasteiger charge is 2.18. The molecule has 1 N–H and O–H groups in total. The maximum atomic E-state index is 12.9. The van der Waals surface area contributed by atoms with E-state index in [0.29, 0.717) is 6.42 Å². The zero-order chi connectivity index (χ0) is 25.3. The number of carbonyl (C=O) groups excluding carboxylic acids is 1. The molecule has 0 radical (unpaired) electrons. The Balaban J connectivity index is 1.21. The summed E-state index contributed by atoms with van der Waals surface area (Å²) in [5.74, 6) is 1.68. The minimum absolute atomic E-state index is 0.0571. The molecule has 0 aliphatic heterocycles. The van der Waals surface area contributed by atoms with Gasteiger partial charge in [-0.15, -0.1) is 21.5 Å². The number of aromatic nitrogens is 3. The second-order valence-electron chi connectivity index (χ2n) is 8.63. The number of thiophene rings is 1. The van der Waals surface area contributed by atoms with Crippen LogP contribution < -0.4 is 5.32 Å². The molecule has 1 unspecified atom stereocenters. The van der Waals surface area contributed by atoms with Crippen molar-refractivity contribution in [1.29, 1.82) is 0 Å². The van der Waals surface area contributed by atoms with E-state index in [2.05, 4.69) is 62.5 Å². The van der Waals surface area contributed by atoms with Gasteiger partial charge >= 0.3 is 0 Å². The molecule has 0 saturated carbocycles. The molecule has 0 fully saturated rings. The van der Waals surface area contributed by atoms with Crippen molar-refractivity contribution >= 4 is 29.0 Å². The standard InChI is InChI=1S/C30H28N4OS2/c35-28(31-26(24-14-6-2-7-15-24)22-23-12-4-1-5-13-23)19-11-21-37-30-33-32-29(27-18-10-20-36-27)34(30)25-16-8-3-9-17-25/h1-10,12-18,20,26H,11,19,21-22H2,(H,31,35). The van der Waals surface area contributed by atoms with Crippen molar-refractivity contribution < 1.29 is 4.79 Å². The molecule has 37 heavy (non-hydrogen) atoms. The van der Waals surface area contributed by atoms with Crippen LogP contribution in [0.4, 0.5) is 0 Å². The summed E-state index contributed by atoms with van der Waals surface area (Å²) in [6, 6.07) is 34.7. The number of rotatable bonds is 11. The Bertz CT molecular complexity index is 1390. The van der Waals surface area contributed by atoms with Crippen LogP contribution in [0.15, 0.2) is 114 Å². The normalized spacial score (nSPS) is 11.8. The molecule has 0 bridgehead atoms. The van der Waals surface area contributed by atoms with E-state index in [1.807, 2.05) is 66.0 Å². The van der Waals surface area contributed by atoms with Gasteiger partial charge in [0, 0.05) is 17.9 Å². The van der Waals surface area contributed by atoms with Crippen LogP contribution in [0.3, 0.4) is 0 Å². The first-order valence-corrected chi connectivity index (χ1v) is 14.2. The summed E-state index contributed by atoms with van der Waals surface area (Å²) in [4.78, 5) is 14.0. The highest BCUT2D eigenvalue weighted by Crippen LogP contribution is 2.30. The third-order valence-corrected chi connectivity index (χ3v) is 7.87. The Morgan fingerprint density at radius 1 is 0.865 bits per heavy atom. The van der Waals surface area contributed by atoms with E-state index < -0.39 is 0 Å². The maximum absolute atomic E-state index is 12.9. The summed E-state index contributed by atoms with van der Waals surface area (Å²) in [7, 11) is 0. The van der Waals surface area contributed by atoms with Crippen LogP contribution in [0, 0.1) is 0 Å². The Labute approximate surface area is 225 Å². The second-order valence-corrected chi connectivity index (χ2v) is 10.6. The molecule has 2 heterocycles. The van der Waals surface area contributed by atoms with Crippen LogP contribution in [0.5, 0.6) is 0 Å². The molecule has 186 valence electrons. The van der Waals surface area contributed by atoms with Gasteiger partial charge in [0.25, 0.3) is 0 Å². The number of amides is 1. The summed E-state index contributed by atoms with van der Waals surface area (Å²) >= 11 is 3.28. The molecule has 5 rings (SSSR count). The molecule has 5 nitrogen and oxygen atoms in total. The number of benzene rings is 3. The van der Waals surface area contributed by atoms with E-state index in [0.717, 1.165) is 45.7 Å². The van der Waals surface area contributed by atoms with Gasteiger partial charge in [-0.3, -0.25) is 9.36 Å². The Hall–Kier alpha value is -3.68. The van der Waals surface area contributed by atoms with Crippen molar-refractivity contribution in [2.24, 2.45) is 0 Å². The zero-order valence-electron chi connectivity index (χ0n) is 20.4. The van der Waals surface area contributed by atoms with Gasteiger partial charge in [0.05, 0.1) is 10.9 Å². The second kappa shape index (κ2) is 12.5. The fourth-order valence-electron chi connectivity index (χ4n) is 4.19. The molecular weight excluding hydrogens is 496 g/mol. The monoisotopic (exact) mass is 524 g/mol. The lowest BCUT2D eigenvalue weighted by atomic mass is 9.98. The van der Waals surface area contributed by atoms with Crippen LogP contribution in [0.1, 0.15) is 30.0 Å². The number of hydrogen-bond donors (Lipinski definition) is 1. The van der Waals surface area contributed by atoms with Gasteiger partial charge in [-0.1, -0.05) is 96.7 Å². The minimum atomic E-state index is -0.0571. The van der Waals surface area contributed by atoms with Gasteiger partial charge in [-0.2, -0.15) is 0 Å². The Morgan fingerprint density at radius 3 is 2.27 bits per heavy atom. The van der Waals surface area contributed by atoms with Crippen molar-refractivity contribution in [3.05, 3.63) is 120 Å². The molecule has 0 aliphatic rings. The molecule has 7 heteroatoms. The van der Waals surface area contributed by atoms with Crippen LogP contribution in [0.25, 0.3) is 16.4 Å². The summed E-state index contributed by atoms with van der Waals surface area (Å²) in [5, 5.41) is 15.1. The molecule has 0 saturated heterocycles. The zero-order valence-corrected chi connectivity index (χ0v) is 22.0. The number of carbonyl (C=O) groups is 1. The Morgan fingerprint density at radius 2 is 1.57 bits per heavy atom. The van der Waals surface area contributed by atoms with E-state index in [1.54, 1.807) is 23.1 Å². The third-order valence-electron chi connectivity index (χ3n) is 5.99. The van der Waals surface area contributed by atoms with E-state index in [1.165, 1.54) is 5.56 Å². The number of thioether (sulfide) groups is 1. The fourth-order valence-corrected chi connectivity index (χ4v) is 5.78. The molecule has 5 aromatic rings. The summed E-state index contributed by atoms with van der Waals surface area (Å²) < 4.78 is 2.10. The average Bonchev–Trinajstić information content (AvgIpc) is 3.63. The fraction of sp³-hybridized carbons (Fsp3) is 0.167. The van der Waals surface area contributed by atoms with Gasteiger partial charge in [0.15, 0.2) is 11.0 Å². The van der Waals surface area contributed by atoms with E-state index in [4.69, 9.17) is 0 Å². The number of hydrogen-bond acceptors (Lipinski definition) is 5.